The fraction of sp³-hybridized carbons (Fsp3) is 0.286. The van der Waals surface area contributed by atoms with Crippen LogP contribution >= 0.6 is 15.9 Å². The Kier molecular flexibility index (Phi) is 4.89. The summed E-state index contributed by atoms with van der Waals surface area (Å²) in [5.74, 6) is -0.239. The van der Waals surface area contributed by atoms with Gasteiger partial charge >= 0.3 is 0 Å². The summed E-state index contributed by atoms with van der Waals surface area (Å²) in [6.45, 7) is 3.04. The molecule has 1 heterocycles. The second-order valence-corrected chi connectivity index (χ2v) is 5.09. The molecule has 20 heavy (non-hydrogen) atoms. The minimum Gasteiger partial charge on any atom is -0.382 e. The molecule has 0 fully saturated rings. The van der Waals surface area contributed by atoms with Crippen molar-refractivity contribution in [3.8, 4) is 0 Å². The van der Waals surface area contributed by atoms with Crippen molar-refractivity contribution in [3.05, 3.63) is 56.7 Å². The average Bonchev–Trinajstić information content (AvgIpc) is 2.46. The van der Waals surface area contributed by atoms with Gasteiger partial charge in [-0.2, -0.15) is 5.10 Å². The molecule has 1 N–H and O–H groups in total. The predicted molar refractivity (Wildman–Crippen MR) is 80.5 cm³/mol. The van der Waals surface area contributed by atoms with Crippen molar-refractivity contribution < 1.29 is 4.39 Å². The molecule has 4 nitrogen and oxygen atoms in total. The van der Waals surface area contributed by atoms with Crippen LogP contribution in [-0.4, -0.2) is 16.3 Å². The van der Waals surface area contributed by atoms with E-state index in [4.69, 9.17) is 0 Å². The molecular weight excluding hydrogens is 325 g/mol. The van der Waals surface area contributed by atoms with Crippen molar-refractivity contribution in [2.24, 2.45) is 0 Å². The second-order valence-electron chi connectivity index (χ2n) is 4.30. The maximum Gasteiger partial charge on any atom is 0.283 e. The van der Waals surface area contributed by atoms with E-state index in [1.807, 2.05) is 6.92 Å². The fourth-order valence-corrected chi connectivity index (χ4v) is 2.25. The number of aryl methyl sites for hydroxylation is 1. The summed E-state index contributed by atoms with van der Waals surface area (Å²) in [5.41, 5.74) is 1.55. The van der Waals surface area contributed by atoms with Crippen LogP contribution in [0, 0.1) is 5.82 Å². The van der Waals surface area contributed by atoms with Crippen molar-refractivity contribution in [1.29, 1.82) is 0 Å². The summed E-state index contributed by atoms with van der Waals surface area (Å²) >= 11 is 3.28. The van der Waals surface area contributed by atoms with Gasteiger partial charge in [0.25, 0.3) is 5.56 Å². The molecule has 0 aliphatic heterocycles. The Balaban J connectivity index is 1.99. The number of nitrogens with one attached hydrogen (secondary N) is 1. The highest BCUT2D eigenvalue weighted by Gasteiger charge is 2.07. The van der Waals surface area contributed by atoms with E-state index >= 15 is 0 Å². The van der Waals surface area contributed by atoms with Gasteiger partial charge in [0.15, 0.2) is 0 Å². The third-order valence-corrected chi connectivity index (χ3v) is 3.69. The summed E-state index contributed by atoms with van der Waals surface area (Å²) < 4.78 is 14.6. The first-order valence-electron chi connectivity index (χ1n) is 6.35. The first-order valence-corrected chi connectivity index (χ1v) is 7.15. The van der Waals surface area contributed by atoms with Crippen LogP contribution in [0.4, 0.5) is 10.1 Å². The van der Waals surface area contributed by atoms with E-state index in [9.17, 15) is 9.18 Å². The van der Waals surface area contributed by atoms with Gasteiger partial charge in [0.1, 0.15) is 10.3 Å². The molecule has 106 valence electrons. The van der Waals surface area contributed by atoms with Crippen LogP contribution < -0.4 is 10.9 Å². The van der Waals surface area contributed by atoms with Crippen molar-refractivity contribution in [2.75, 3.05) is 11.9 Å². The van der Waals surface area contributed by atoms with Crippen molar-refractivity contribution in [3.63, 3.8) is 0 Å². The molecule has 0 aliphatic carbocycles. The van der Waals surface area contributed by atoms with Crippen molar-refractivity contribution in [1.82, 2.24) is 9.78 Å². The zero-order chi connectivity index (χ0) is 14.5. The van der Waals surface area contributed by atoms with Gasteiger partial charge in [-0.15, -0.1) is 0 Å². The Bertz CT molecular complexity index is 640. The number of rotatable bonds is 5. The summed E-state index contributed by atoms with van der Waals surface area (Å²) in [7, 11) is 0. The number of hydrogen-bond donors (Lipinski definition) is 1. The average molecular weight is 340 g/mol. The van der Waals surface area contributed by atoms with Gasteiger partial charge in [0.2, 0.25) is 0 Å². The normalized spacial score (nSPS) is 10.6. The van der Waals surface area contributed by atoms with E-state index in [1.165, 1.54) is 16.8 Å². The van der Waals surface area contributed by atoms with Gasteiger partial charge in [-0.25, -0.2) is 9.07 Å². The van der Waals surface area contributed by atoms with E-state index in [1.54, 1.807) is 18.3 Å². The predicted octanol–water partition coefficient (Wildman–Crippen LogP) is 2.82. The maximum atomic E-state index is 12.8. The molecule has 0 amide bonds. The smallest absolute Gasteiger partial charge is 0.283 e. The van der Waals surface area contributed by atoms with Crippen LogP contribution in [0.3, 0.4) is 0 Å². The molecular formula is C14H15BrFN3O. The molecule has 1 aromatic heterocycles. The molecule has 0 unspecified atom stereocenters. The zero-order valence-electron chi connectivity index (χ0n) is 11.1. The second kappa shape index (κ2) is 6.65. The molecule has 0 saturated heterocycles. The molecule has 0 bridgehead atoms. The number of nitrogens with zero attached hydrogens (tertiary/aromatic N) is 2. The molecule has 0 aliphatic rings. The summed E-state index contributed by atoms with van der Waals surface area (Å²) in [4.78, 5) is 11.9. The van der Waals surface area contributed by atoms with Crippen LogP contribution in [0.25, 0.3) is 0 Å². The maximum absolute atomic E-state index is 12.8. The lowest BCUT2D eigenvalue weighted by Crippen LogP contribution is -2.23. The van der Waals surface area contributed by atoms with Gasteiger partial charge < -0.3 is 5.32 Å². The Morgan fingerprint density at radius 2 is 2.05 bits per heavy atom. The number of hydrogen-bond acceptors (Lipinski definition) is 3. The third kappa shape index (κ3) is 3.45. The van der Waals surface area contributed by atoms with Crippen LogP contribution in [0.2, 0.25) is 0 Å². The van der Waals surface area contributed by atoms with Gasteiger partial charge in [-0.05, 0) is 47.0 Å². The lowest BCUT2D eigenvalue weighted by atomic mass is 10.1. The minimum absolute atomic E-state index is 0.153. The topological polar surface area (TPSA) is 46.9 Å². The summed E-state index contributed by atoms with van der Waals surface area (Å²) in [6, 6.07) is 6.38. The molecule has 0 radical (unpaired) electrons. The van der Waals surface area contributed by atoms with Gasteiger partial charge in [0.05, 0.1) is 11.9 Å². The molecule has 2 aromatic rings. The highest BCUT2D eigenvalue weighted by molar-refractivity contribution is 9.10. The highest BCUT2D eigenvalue weighted by atomic mass is 79.9. The van der Waals surface area contributed by atoms with Crippen LogP contribution in [0.5, 0.6) is 0 Å². The van der Waals surface area contributed by atoms with Crippen molar-refractivity contribution in [2.45, 2.75) is 19.9 Å². The van der Waals surface area contributed by atoms with Crippen LogP contribution in [0.1, 0.15) is 12.5 Å². The first-order chi connectivity index (χ1) is 9.61. The standard InChI is InChI=1S/C14H15BrFN3O/c1-2-19-14(20)13(15)12(9-18-19)17-8-7-10-3-5-11(16)6-4-10/h3-6,9,17H,2,7-8H2,1H3. The van der Waals surface area contributed by atoms with Crippen molar-refractivity contribution >= 4 is 21.6 Å². The Hall–Kier alpha value is -1.69. The first kappa shape index (κ1) is 14.7. The SMILES string of the molecule is CCn1ncc(NCCc2ccc(F)cc2)c(Br)c1=O. The lowest BCUT2D eigenvalue weighted by molar-refractivity contribution is 0.613. The van der Waals surface area contributed by atoms with Gasteiger partial charge in [-0.1, -0.05) is 12.1 Å². The van der Waals surface area contributed by atoms with E-state index in [-0.39, 0.29) is 11.4 Å². The molecule has 0 spiro atoms. The minimum atomic E-state index is -0.239. The van der Waals surface area contributed by atoms with Gasteiger partial charge in [-0.3, -0.25) is 4.79 Å². The number of halogens is 2. The molecule has 0 atom stereocenters. The Morgan fingerprint density at radius 1 is 1.35 bits per heavy atom. The largest absolute Gasteiger partial charge is 0.382 e. The van der Waals surface area contributed by atoms with E-state index in [0.29, 0.717) is 23.2 Å². The number of benzene rings is 1. The molecule has 2 rings (SSSR count). The van der Waals surface area contributed by atoms with E-state index in [2.05, 4.69) is 26.3 Å². The third-order valence-electron chi connectivity index (χ3n) is 2.93. The molecule has 1 aromatic carbocycles. The highest BCUT2D eigenvalue weighted by Crippen LogP contribution is 2.16. The number of aromatic nitrogens is 2. The Labute approximate surface area is 124 Å². The fourth-order valence-electron chi connectivity index (χ4n) is 1.81. The molecule has 6 heteroatoms. The van der Waals surface area contributed by atoms with E-state index in [0.717, 1.165) is 12.0 Å². The van der Waals surface area contributed by atoms with Crippen LogP contribution in [-0.2, 0) is 13.0 Å². The monoisotopic (exact) mass is 339 g/mol. The van der Waals surface area contributed by atoms with E-state index < -0.39 is 0 Å². The summed E-state index contributed by atoms with van der Waals surface area (Å²) in [5, 5.41) is 7.21. The lowest BCUT2D eigenvalue weighted by Gasteiger charge is -2.09. The van der Waals surface area contributed by atoms with Crippen LogP contribution in [0.15, 0.2) is 39.7 Å². The number of anilines is 1. The Morgan fingerprint density at radius 3 is 2.70 bits per heavy atom. The quantitative estimate of drug-likeness (QED) is 0.911. The summed E-state index contributed by atoms with van der Waals surface area (Å²) in [6.07, 6.45) is 2.36. The van der Waals surface area contributed by atoms with Gasteiger partial charge in [0, 0.05) is 13.1 Å². The molecule has 0 saturated carbocycles. The zero-order valence-corrected chi connectivity index (χ0v) is 12.7.